The molecule has 0 radical (unpaired) electrons. The van der Waals surface area contributed by atoms with Crippen LogP contribution >= 0.6 is 0 Å². The molecule has 7 nitrogen and oxygen atoms in total. The van der Waals surface area contributed by atoms with E-state index in [-0.39, 0.29) is 24.3 Å². The zero-order chi connectivity index (χ0) is 20.9. The van der Waals surface area contributed by atoms with Crippen LogP contribution in [0, 0.1) is 0 Å². The zero-order valence-corrected chi connectivity index (χ0v) is 18.0. The van der Waals surface area contributed by atoms with E-state index >= 15 is 0 Å². The van der Waals surface area contributed by atoms with Crippen LogP contribution in [-0.2, 0) is 9.59 Å². The predicted molar refractivity (Wildman–Crippen MR) is 111 cm³/mol. The Morgan fingerprint density at radius 1 is 0.897 bits per heavy atom. The van der Waals surface area contributed by atoms with Crippen molar-refractivity contribution in [1.82, 2.24) is 15.1 Å². The molecule has 166 valence electrons. The minimum atomic E-state index is -0.823. The maximum atomic E-state index is 12.8. The third kappa shape index (κ3) is 6.66. The topological polar surface area (TPSA) is 93.1 Å². The first-order valence-electron chi connectivity index (χ1n) is 11.5. The molecule has 0 aromatic rings. The quantitative estimate of drug-likeness (QED) is 0.639. The second kappa shape index (κ2) is 9.75. The number of aliphatic hydroxyl groups is 2. The van der Waals surface area contributed by atoms with Crippen molar-refractivity contribution >= 4 is 11.8 Å². The Kier molecular flexibility index (Phi) is 7.57. The summed E-state index contributed by atoms with van der Waals surface area (Å²) in [7, 11) is 0. The molecule has 0 aromatic carbocycles. The summed E-state index contributed by atoms with van der Waals surface area (Å²) in [5.74, 6) is 0.0586. The molecular weight excluding hydrogens is 370 g/mol. The van der Waals surface area contributed by atoms with E-state index in [4.69, 9.17) is 0 Å². The molecule has 1 aliphatic carbocycles. The fourth-order valence-electron chi connectivity index (χ4n) is 5.31. The molecular formula is C22H39N3O4. The van der Waals surface area contributed by atoms with Gasteiger partial charge in [0, 0.05) is 45.7 Å². The lowest BCUT2D eigenvalue weighted by Gasteiger charge is -2.38. The van der Waals surface area contributed by atoms with E-state index in [2.05, 4.69) is 10.2 Å². The van der Waals surface area contributed by atoms with Crippen LogP contribution in [0.1, 0.15) is 77.6 Å². The van der Waals surface area contributed by atoms with Crippen molar-refractivity contribution in [3.63, 3.8) is 0 Å². The third-order valence-corrected chi connectivity index (χ3v) is 7.05. The fourth-order valence-corrected chi connectivity index (χ4v) is 5.31. The monoisotopic (exact) mass is 409 g/mol. The minimum Gasteiger partial charge on any atom is -0.389 e. The zero-order valence-electron chi connectivity index (χ0n) is 18.0. The predicted octanol–water partition coefficient (Wildman–Crippen LogP) is 1.42. The summed E-state index contributed by atoms with van der Waals surface area (Å²) in [6, 6.07) is 0.242. The number of carbonyl (C=O) groups excluding carboxylic acids is 2. The molecule has 1 atom stereocenters. The van der Waals surface area contributed by atoms with E-state index in [1.165, 1.54) is 0 Å². The van der Waals surface area contributed by atoms with Crippen molar-refractivity contribution in [1.29, 1.82) is 0 Å². The van der Waals surface area contributed by atoms with Gasteiger partial charge in [-0.3, -0.25) is 9.59 Å². The Hall–Kier alpha value is -1.18. The van der Waals surface area contributed by atoms with Crippen molar-refractivity contribution in [2.24, 2.45) is 0 Å². The van der Waals surface area contributed by atoms with Gasteiger partial charge in [-0.15, -0.1) is 0 Å². The lowest BCUT2D eigenvalue weighted by atomic mass is 9.82. The second-order valence-corrected chi connectivity index (χ2v) is 9.67. The number of β-amino-alcohol motifs (C(OH)–C–C–N with tert-alkyl or cyclic N) is 1. The molecule has 1 unspecified atom stereocenters. The second-order valence-electron chi connectivity index (χ2n) is 9.67. The molecule has 1 saturated carbocycles. The van der Waals surface area contributed by atoms with E-state index in [9.17, 15) is 19.8 Å². The maximum absolute atomic E-state index is 12.8. The van der Waals surface area contributed by atoms with Crippen LogP contribution < -0.4 is 5.32 Å². The number of piperidine rings is 1. The molecule has 2 saturated heterocycles. The van der Waals surface area contributed by atoms with Crippen LogP contribution in [0.2, 0.25) is 0 Å². The number of carbonyl (C=O) groups is 2. The van der Waals surface area contributed by atoms with Gasteiger partial charge in [0.15, 0.2) is 0 Å². The summed E-state index contributed by atoms with van der Waals surface area (Å²) in [4.78, 5) is 28.2. The lowest BCUT2D eigenvalue weighted by molar-refractivity contribution is -0.138. The third-order valence-electron chi connectivity index (χ3n) is 7.05. The Bertz CT molecular complexity index is 570. The molecule has 2 amide bonds. The normalized spacial score (nSPS) is 29.3. The summed E-state index contributed by atoms with van der Waals surface area (Å²) in [6.45, 7) is 5.17. The van der Waals surface area contributed by atoms with Gasteiger partial charge in [-0.2, -0.15) is 0 Å². The van der Waals surface area contributed by atoms with Gasteiger partial charge in [-0.1, -0.05) is 19.3 Å². The molecule has 29 heavy (non-hydrogen) atoms. The van der Waals surface area contributed by atoms with E-state index in [0.29, 0.717) is 32.5 Å². The first-order valence-corrected chi connectivity index (χ1v) is 11.5. The molecule has 0 bridgehead atoms. The number of likely N-dealkylation sites (tertiary alicyclic amines) is 2. The SMILES string of the molecule is CC(=O)NC1CCN(CC2(O)CCCN(C(=O)CC3(O)CCCCC3)CC2)CC1. The largest absolute Gasteiger partial charge is 0.389 e. The number of hydrogen-bond acceptors (Lipinski definition) is 5. The van der Waals surface area contributed by atoms with E-state index < -0.39 is 11.2 Å². The Balaban J connectivity index is 1.46. The molecule has 2 aliphatic heterocycles. The summed E-state index contributed by atoms with van der Waals surface area (Å²) < 4.78 is 0. The summed E-state index contributed by atoms with van der Waals surface area (Å²) in [6.07, 6.45) is 8.74. The Labute approximate surface area is 174 Å². The van der Waals surface area contributed by atoms with Crippen LogP contribution in [-0.4, -0.2) is 81.8 Å². The highest BCUT2D eigenvalue weighted by molar-refractivity contribution is 5.77. The van der Waals surface area contributed by atoms with Gasteiger partial charge in [-0.05, 0) is 44.9 Å². The van der Waals surface area contributed by atoms with Crippen molar-refractivity contribution in [3.8, 4) is 0 Å². The van der Waals surface area contributed by atoms with Gasteiger partial charge in [0.2, 0.25) is 11.8 Å². The number of rotatable bonds is 5. The molecule has 3 aliphatic rings. The molecule has 0 aromatic heterocycles. The highest BCUT2D eigenvalue weighted by Gasteiger charge is 2.37. The highest BCUT2D eigenvalue weighted by Crippen LogP contribution is 2.32. The van der Waals surface area contributed by atoms with Crippen LogP contribution in [0.3, 0.4) is 0 Å². The van der Waals surface area contributed by atoms with Crippen LogP contribution in [0.4, 0.5) is 0 Å². The number of amides is 2. The standard InChI is InChI=1S/C22H39N3O4/c1-18(26)23-19-6-13-24(14-7-19)17-22(29)10-5-12-25(15-11-22)20(27)16-21(28)8-3-2-4-9-21/h19,28-29H,2-17H2,1H3,(H,23,26). The van der Waals surface area contributed by atoms with Gasteiger partial charge < -0.3 is 25.3 Å². The van der Waals surface area contributed by atoms with Crippen molar-refractivity contribution < 1.29 is 19.8 Å². The lowest BCUT2D eigenvalue weighted by Crippen LogP contribution is -2.50. The Morgan fingerprint density at radius 2 is 1.55 bits per heavy atom. The van der Waals surface area contributed by atoms with Gasteiger partial charge in [0.1, 0.15) is 0 Å². The van der Waals surface area contributed by atoms with Gasteiger partial charge in [0.05, 0.1) is 17.6 Å². The first kappa shape index (κ1) is 22.5. The number of nitrogens with zero attached hydrogens (tertiary/aromatic N) is 2. The van der Waals surface area contributed by atoms with Crippen molar-refractivity contribution in [2.45, 2.75) is 94.8 Å². The average Bonchev–Trinajstić information content (AvgIpc) is 2.85. The number of hydrogen-bond donors (Lipinski definition) is 3. The van der Waals surface area contributed by atoms with E-state index in [0.717, 1.165) is 64.5 Å². The van der Waals surface area contributed by atoms with Gasteiger partial charge in [0.25, 0.3) is 0 Å². The average molecular weight is 410 g/mol. The molecule has 2 heterocycles. The highest BCUT2D eigenvalue weighted by atomic mass is 16.3. The molecule has 3 N–H and O–H groups in total. The first-order chi connectivity index (χ1) is 13.8. The van der Waals surface area contributed by atoms with Gasteiger partial charge >= 0.3 is 0 Å². The molecule has 3 fully saturated rings. The van der Waals surface area contributed by atoms with Gasteiger partial charge in [-0.25, -0.2) is 0 Å². The smallest absolute Gasteiger partial charge is 0.225 e. The Morgan fingerprint density at radius 3 is 2.21 bits per heavy atom. The fraction of sp³-hybridized carbons (Fsp3) is 0.909. The molecule has 7 heteroatoms. The van der Waals surface area contributed by atoms with Crippen LogP contribution in [0.15, 0.2) is 0 Å². The maximum Gasteiger partial charge on any atom is 0.225 e. The minimum absolute atomic E-state index is 0.0218. The van der Waals surface area contributed by atoms with E-state index in [1.54, 1.807) is 6.92 Å². The van der Waals surface area contributed by atoms with Crippen molar-refractivity contribution in [2.75, 3.05) is 32.7 Å². The summed E-state index contributed by atoms with van der Waals surface area (Å²) >= 11 is 0. The molecule has 0 spiro atoms. The van der Waals surface area contributed by atoms with Crippen LogP contribution in [0.25, 0.3) is 0 Å². The van der Waals surface area contributed by atoms with E-state index in [1.807, 2.05) is 4.90 Å². The van der Waals surface area contributed by atoms with Crippen molar-refractivity contribution in [3.05, 3.63) is 0 Å². The summed E-state index contributed by atoms with van der Waals surface area (Å²) in [5, 5.41) is 24.9. The molecule has 3 rings (SSSR count). The number of nitrogens with one attached hydrogen (secondary N) is 1. The van der Waals surface area contributed by atoms with Crippen LogP contribution in [0.5, 0.6) is 0 Å². The summed E-state index contributed by atoms with van der Waals surface area (Å²) in [5.41, 5.74) is -1.59.